The van der Waals surface area contributed by atoms with Gasteiger partial charge in [-0.25, -0.2) is 0 Å². The number of aromatic hydroxyl groups is 1. The number of rotatable bonds is 3. The van der Waals surface area contributed by atoms with E-state index in [0.717, 1.165) is 0 Å². The van der Waals surface area contributed by atoms with E-state index in [-0.39, 0.29) is 11.3 Å². The van der Waals surface area contributed by atoms with Crippen molar-refractivity contribution in [3.05, 3.63) is 23.0 Å². The van der Waals surface area contributed by atoms with E-state index in [1.165, 1.54) is 13.3 Å². The molecule has 0 saturated carbocycles. The fourth-order valence-corrected chi connectivity index (χ4v) is 2.32. The minimum absolute atomic E-state index is 0.0759. The van der Waals surface area contributed by atoms with E-state index >= 15 is 0 Å². The minimum Gasteiger partial charge on any atom is -0.506 e. The number of nitrogens with zero attached hydrogens (tertiary/aromatic N) is 1. The molecule has 0 aliphatic heterocycles. The first-order valence-corrected chi connectivity index (χ1v) is 6.20. The first-order chi connectivity index (χ1) is 7.29. The average molecular weight is 247 g/mol. The molecule has 6 nitrogen and oxygen atoms in total. The lowest BCUT2D eigenvalue weighted by molar-refractivity contribution is 0.136. The molecule has 0 saturated heterocycles. The van der Waals surface area contributed by atoms with Gasteiger partial charge in [0.15, 0.2) is 5.85 Å². The zero-order valence-corrected chi connectivity index (χ0v) is 10.1. The predicted octanol–water partition coefficient (Wildman–Crippen LogP) is 1.23. The Balaban J connectivity index is 3.33. The van der Waals surface area contributed by atoms with E-state index in [0.29, 0.717) is 11.3 Å². The van der Waals surface area contributed by atoms with Crippen molar-refractivity contribution < 1.29 is 24.2 Å². The van der Waals surface area contributed by atoms with Crippen LogP contribution in [0.25, 0.3) is 0 Å². The third-order valence-electron chi connectivity index (χ3n) is 2.32. The summed E-state index contributed by atoms with van der Waals surface area (Å²) in [6, 6.07) is 0. The Bertz CT molecular complexity index is 442. The molecule has 1 atom stereocenters. The molecule has 90 valence electrons. The molecule has 0 fully saturated rings. The molecule has 0 bridgehead atoms. The van der Waals surface area contributed by atoms with Crippen LogP contribution in [0.1, 0.15) is 22.7 Å². The largest absolute Gasteiger partial charge is 0.506 e. The van der Waals surface area contributed by atoms with E-state index in [1.54, 1.807) is 13.8 Å². The molecule has 3 N–H and O–H groups in total. The highest BCUT2D eigenvalue weighted by molar-refractivity contribution is 7.52. The monoisotopic (exact) mass is 247 g/mol. The Hall–Kier alpha value is -0.940. The Labute approximate surface area is 93.1 Å². The fourth-order valence-electron chi connectivity index (χ4n) is 1.43. The highest BCUT2D eigenvalue weighted by atomic mass is 31.2. The van der Waals surface area contributed by atoms with Crippen molar-refractivity contribution in [1.29, 1.82) is 0 Å². The molecular formula is C9H14NO5P. The third-order valence-corrected chi connectivity index (χ3v) is 3.42. The van der Waals surface area contributed by atoms with Crippen LogP contribution in [0.5, 0.6) is 5.75 Å². The highest BCUT2D eigenvalue weighted by Gasteiger charge is 2.32. The lowest BCUT2D eigenvalue weighted by atomic mass is 10.1. The van der Waals surface area contributed by atoms with Gasteiger partial charge in [0, 0.05) is 24.4 Å². The molecule has 0 amide bonds. The van der Waals surface area contributed by atoms with Gasteiger partial charge in [-0.1, -0.05) is 0 Å². The predicted molar refractivity (Wildman–Crippen MR) is 57.2 cm³/mol. The third kappa shape index (κ3) is 2.41. The summed E-state index contributed by atoms with van der Waals surface area (Å²) in [4.78, 5) is 22.0. The second kappa shape index (κ2) is 4.51. The smallest absolute Gasteiger partial charge is 0.358 e. The Morgan fingerprint density at radius 2 is 2.00 bits per heavy atom. The van der Waals surface area contributed by atoms with Crippen molar-refractivity contribution in [2.75, 3.05) is 7.11 Å². The molecule has 0 aliphatic carbocycles. The SMILES string of the molecule is COC(c1cnc(C)c(O)c1C)P(=O)(O)O. The second-order valence-corrected chi connectivity index (χ2v) is 5.10. The van der Waals surface area contributed by atoms with Gasteiger partial charge >= 0.3 is 7.60 Å². The molecule has 0 aliphatic rings. The molecule has 1 heterocycles. The van der Waals surface area contributed by atoms with Gasteiger partial charge in [0.05, 0.1) is 5.69 Å². The van der Waals surface area contributed by atoms with Gasteiger partial charge in [0.25, 0.3) is 0 Å². The molecule has 0 spiro atoms. The lowest BCUT2D eigenvalue weighted by Crippen LogP contribution is -2.06. The van der Waals surface area contributed by atoms with Crippen LogP contribution in [0.2, 0.25) is 0 Å². The van der Waals surface area contributed by atoms with Gasteiger partial charge in [0.1, 0.15) is 5.75 Å². The standard InChI is InChI=1S/C9H14NO5P/c1-5-7(4-10-6(2)8(5)11)9(15-3)16(12,13)14/h4,9,11H,1-3H3,(H2,12,13,14). The molecule has 7 heteroatoms. The first-order valence-electron chi connectivity index (χ1n) is 4.52. The van der Waals surface area contributed by atoms with Crippen LogP contribution in [0, 0.1) is 13.8 Å². The second-order valence-electron chi connectivity index (χ2n) is 3.45. The maximum Gasteiger partial charge on any atom is 0.358 e. The molecule has 1 aromatic heterocycles. The Morgan fingerprint density at radius 1 is 1.44 bits per heavy atom. The lowest BCUT2D eigenvalue weighted by Gasteiger charge is -2.19. The van der Waals surface area contributed by atoms with E-state index < -0.39 is 13.4 Å². The van der Waals surface area contributed by atoms with Crippen molar-refractivity contribution >= 4 is 7.60 Å². The van der Waals surface area contributed by atoms with Crippen molar-refractivity contribution in [2.45, 2.75) is 19.7 Å². The quantitative estimate of drug-likeness (QED) is 0.694. The molecule has 0 aromatic carbocycles. The summed E-state index contributed by atoms with van der Waals surface area (Å²) in [5.41, 5.74) is 0.962. The zero-order chi connectivity index (χ0) is 12.5. The number of aryl methyl sites for hydroxylation is 1. The first kappa shape index (κ1) is 13.1. The summed E-state index contributed by atoms with van der Waals surface area (Å²) in [5, 5.41) is 9.63. The molecular weight excluding hydrogens is 233 g/mol. The molecule has 1 rings (SSSR count). The van der Waals surface area contributed by atoms with Crippen LogP contribution in [-0.2, 0) is 9.30 Å². The summed E-state index contributed by atoms with van der Waals surface area (Å²) >= 11 is 0. The summed E-state index contributed by atoms with van der Waals surface area (Å²) < 4.78 is 15.9. The van der Waals surface area contributed by atoms with Crippen molar-refractivity contribution in [2.24, 2.45) is 0 Å². The molecule has 1 aromatic rings. The van der Waals surface area contributed by atoms with Crippen molar-refractivity contribution in [3.63, 3.8) is 0 Å². The van der Waals surface area contributed by atoms with E-state index in [1.807, 2.05) is 0 Å². The van der Waals surface area contributed by atoms with Crippen LogP contribution in [0.4, 0.5) is 0 Å². The van der Waals surface area contributed by atoms with Gasteiger partial charge in [-0.3, -0.25) is 9.55 Å². The Kier molecular flexibility index (Phi) is 3.70. The maximum absolute atomic E-state index is 11.2. The molecule has 0 radical (unpaired) electrons. The number of hydrogen-bond acceptors (Lipinski definition) is 4. The molecule has 16 heavy (non-hydrogen) atoms. The number of ether oxygens (including phenoxy) is 1. The summed E-state index contributed by atoms with van der Waals surface area (Å²) in [5.74, 6) is -1.47. The van der Waals surface area contributed by atoms with Crippen molar-refractivity contribution in [3.8, 4) is 5.75 Å². The highest BCUT2D eigenvalue weighted by Crippen LogP contribution is 2.53. The van der Waals surface area contributed by atoms with Gasteiger partial charge in [-0.2, -0.15) is 0 Å². The average Bonchev–Trinajstić information content (AvgIpc) is 2.17. The Morgan fingerprint density at radius 3 is 2.44 bits per heavy atom. The molecule has 1 unspecified atom stereocenters. The normalized spacial score (nSPS) is 13.8. The minimum atomic E-state index is -4.43. The van der Waals surface area contributed by atoms with Gasteiger partial charge in [-0.05, 0) is 13.8 Å². The number of pyridine rings is 1. The van der Waals surface area contributed by atoms with E-state index in [2.05, 4.69) is 4.98 Å². The van der Waals surface area contributed by atoms with Gasteiger partial charge < -0.3 is 19.6 Å². The van der Waals surface area contributed by atoms with Gasteiger partial charge in [-0.15, -0.1) is 0 Å². The summed E-state index contributed by atoms with van der Waals surface area (Å²) in [6.07, 6.45) is 1.30. The van der Waals surface area contributed by atoms with E-state index in [9.17, 15) is 9.67 Å². The fraction of sp³-hybridized carbons (Fsp3) is 0.444. The van der Waals surface area contributed by atoms with Crippen LogP contribution in [-0.4, -0.2) is 27.0 Å². The van der Waals surface area contributed by atoms with Crippen molar-refractivity contribution in [1.82, 2.24) is 4.98 Å². The van der Waals surface area contributed by atoms with Crippen LogP contribution >= 0.6 is 7.60 Å². The van der Waals surface area contributed by atoms with Crippen LogP contribution < -0.4 is 0 Å². The zero-order valence-electron chi connectivity index (χ0n) is 9.21. The summed E-state index contributed by atoms with van der Waals surface area (Å²) in [7, 11) is -3.24. The number of hydrogen-bond donors (Lipinski definition) is 3. The van der Waals surface area contributed by atoms with Gasteiger partial charge in [0.2, 0.25) is 0 Å². The van der Waals surface area contributed by atoms with E-state index in [4.69, 9.17) is 14.5 Å². The van der Waals surface area contributed by atoms with Crippen LogP contribution in [0.15, 0.2) is 6.20 Å². The topological polar surface area (TPSA) is 99.9 Å². The van der Waals surface area contributed by atoms with Crippen LogP contribution in [0.3, 0.4) is 0 Å². The number of methoxy groups -OCH3 is 1. The number of aromatic nitrogens is 1. The summed E-state index contributed by atoms with van der Waals surface area (Å²) in [6.45, 7) is 3.16. The maximum atomic E-state index is 11.2.